The summed E-state index contributed by atoms with van der Waals surface area (Å²) in [4.78, 5) is 11.3. The van der Waals surface area contributed by atoms with Gasteiger partial charge in [-0.2, -0.15) is 0 Å². The molecule has 3 nitrogen and oxygen atoms in total. The van der Waals surface area contributed by atoms with Crippen molar-refractivity contribution in [2.45, 2.75) is 52.2 Å². The van der Waals surface area contributed by atoms with Crippen LogP contribution in [0.3, 0.4) is 0 Å². The van der Waals surface area contributed by atoms with Gasteiger partial charge in [-0.25, -0.2) is 4.79 Å². The molecule has 0 aliphatic heterocycles. The highest BCUT2D eigenvalue weighted by molar-refractivity contribution is 6.75. The molecule has 0 fully saturated rings. The number of carbonyl (C=O) groups is 1. The summed E-state index contributed by atoms with van der Waals surface area (Å²) in [5, 5.41) is 0.0399. The Labute approximate surface area is 87.9 Å². The van der Waals surface area contributed by atoms with Crippen molar-refractivity contribution < 1.29 is 14.0 Å². The van der Waals surface area contributed by atoms with E-state index in [1.54, 1.807) is 0 Å². The second-order valence-corrected chi connectivity index (χ2v) is 9.69. The van der Waals surface area contributed by atoms with E-state index >= 15 is 0 Å². The molecule has 0 aromatic rings. The molecule has 0 bridgehead atoms. The molecule has 84 valence electrons. The number of hydrogen-bond donors (Lipinski definition) is 0. The van der Waals surface area contributed by atoms with Gasteiger partial charge >= 0.3 is 6.16 Å². The number of hydrogen-bond acceptors (Lipinski definition) is 3. The van der Waals surface area contributed by atoms with Crippen LogP contribution in [0.4, 0.5) is 4.79 Å². The maximum Gasteiger partial charge on any atom is 0.494 e. The van der Waals surface area contributed by atoms with Crippen LogP contribution in [0.25, 0.3) is 0 Å². The average molecular weight is 218 g/mol. The predicted molar refractivity (Wildman–Crippen MR) is 59.9 cm³/mol. The van der Waals surface area contributed by atoms with E-state index < -0.39 is 14.5 Å². The smallest absolute Gasteiger partial charge is 0.489 e. The quantitative estimate of drug-likeness (QED) is 0.537. The van der Waals surface area contributed by atoms with E-state index in [0.29, 0.717) is 6.61 Å². The van der Waals surface area contributed by atoms with Crippen LogP contribution in [0.2, 0.25) is 18.1 Å². The van der Waals surface area contributed by atoms with E-state index in [1.165, 1.54) is 0 Å². The van der Waals surface area contributed by atoms with Crippen molar-refractivity contribution in [2.75, 3.05) is 6.61 Å². The van der Waals surface area contributed by atoms with Crippen LogP contribution in [0, 0.1) is 0 Å². The Hall–Kier alpha value is -0.513. The first kappa shape index (κ1) is 13.5. The van der Waals surface area contributed by atoms with Crippen LogP contribution in [-0.2, 0) is 9.16 Å². The standard InChI is InChI=1S/C10H22O3Si/c1-7-8-12-9(11)13-14(5,6)10(2,3)4/h7-8H2,1-6H3. The molecule has 0 spiro atoms. The second kappa shape index (κ2) is 4.82. The lowest BCUT2D eigenvalue weighted by Crippen LogP contribution is -2.42. The van der Waals surface area contributed by atoms with Crippen LogP contribution in [0.15, 0.2) is 0 Å². The molecule has 0 atom stereocenters. The first-order valence-electron chi connectivity index (χ1n) is 5.06. The molecule has 0 amide bonds. The Balaban J connectivity index is 4.16. The van der Waals surface area contributed by atoms with Gasteiger partial charge in [0, 0.05) is 0 Å². The third-order valence-corrected chi connectivity index (χ3v) is 6.86. The van der Waals surface area contributed by atoms with Crippen molar-refractivity contribution in [3.63, 3.8) is 0 Å². The van der Waals surface area contributed by atoms with Gasteiger partial charge in [-0.05, 0) is 24.6 Å². The zero-order valence-corrected chi connectivity index (χ0v) is 11.1. The molecule has 4 heteroatoms. The zero-order valence-electron chi connectivity index (χ0n) is 10.1. The Morgan fingerprint density at radius 3 is 2.14 bits per heavy atom. The summed E-state index contributed by atoms with van der Waals surface area (Å²) in [5.41, 5.74) is 0. The minimum Gasteiger partial charge on any atom is -0.489 e. The molecule has 0 aliphatic carbocycles. The van der Waals surface area contributed by atoms with Crippen molar-refractivity contribution in [3.8, 4) is 0 Å². The van der Waals surface area contributed by atoms with Crippen molar-refractivity contribution in [1.82, 2.24) is 0 Å². The lowest BCUT2D eigenvalue weighted by Gasteiger charge is -2.34. The third kappa shape index (κ3) is 4.13. The number of carbonyl (C=O) groups excluding carboxylic acids is 1. The molecule has 0 heterocycles. The first-order chi connectivity index (χ1) is 6.20. The van der Waals surface area contributed by atoms with Crippen LogP contribution in [-0.4, -0.2) is 21.1 Å². The zero-order chi connectivity index (χ0) is 11.4. The SMILES string of the molecule is CCCOC(=O)O[Si](C)(C)C(C)(C)C. The van der Waals surface area contributed by atoms with E-state index in [4.69, 9.17) is 9.16 Å². The van der Waals surface area contributed by atoms with Crippen molar-refractivity contribution in [3.05, 3.63) is 0 Å². The van der Waals surface area contributed by atoms with Crippen molar-refractivity contribution in [2.24, 2.45) is 0 Å². The van der Waals surface area contributed by atoms with Gasteiger partial charge in [0.2, 0.25) is 0 Å². The molecule has 0 aliphatic rings. The van der Waals surface area contributed by atoms with Gasteiger partial charge in [-0.3, -0.25) is 0 Å². The van der Waals surface area contributed by atoms with E-state index in [-0.39, 0.29) is 5.04 Å². The van der Waals surface area contributed by atoms with Gasteiger partial charge in [0.05, 0.1) is 6.61 Å². The Morgan fingerprint density at radius 1 is 1.29 bits per heavy atom. The highest BCUT2D eigenvalue weighted by atomic mass is 28.4. The largest absolute Gasteiger partial charge is 0.494 e. The summed E-state index contributed by atoms with van der Waals surface area (Å²) in [5.74, 6) is 0. The molecule has 0 radical (unpaired) electrons. The van der Waals surface area contributed by atoms with E-state index in [9.17, 15) is 4.79 Å². The fourth-order valence-corrected chi connectivity index (χ4v) is 1.36. The van der Waals surface area contributed by atoms with E-state index in [0.717, 1.165) is 6.42 Å². The van der Waals surface area contributed by atoms with Crippen LogP contribution >= 0.6 is 0 Å². The van der Waals surface area contributed by atoms with Gasteiger partial charge in [0.1, 0.15) is 0 Å². The van der Waals surface area contributed by atoms with Crippen LogP contribution in [0.1, 0.15) is 34.1 Å². The fourth-order valence-electron chi connectivity index (χ4n) is 0.576. The predicted octanol–water partition coefficient (Wildman–Crippen LogP) is 3.55. The van der Waals surface area contributed by atoms with Gasteiger partial charge in [0.25, 0.3) is 8.32 Å². The van der Waals surface area contributed by atoms with Gasteiger partial charge in [0.15, 0.2) is 0 Å². The number of ether oxygens (including phenoxy) is 1. The highest BCUT2D eigenvalue weighted by Crippen LogP contribution is 2.36. The fraction of sp³-hybridized carbons (Fsp3) is 0.900. The minimum atomic E-state index is -1.99. The molecule has 0 aromatic carbocycles. The maximum absolute atomic E-state index is 11.3. The van der Waals surface area contributed by atoms with Crippen molar-refractivity contribution in [1.29, 1.82) is 0 Å². The second-order valence-electron chi connectivity index (χ2n) is 4.96. The van der Waals surface area contributed by atoms with E-state index in [1.807, 2.05) is 20.0 Å². The van der Waals surface area contributed by atoms with Gasteiger partial charge in [-0.1, -0.05) is 27.7 Å². The lowest BCUT2D eigenvalue weighted by atomic mass is 10.2. The molecule has 0 aromatic heterocycles. The molecule has 0 unspecified atom stereocenters. The maximum atomic E-state index is 11.3. The molecular weight excluding hydrogens is 196 g/mol. The van der Waals surface area contributed by atoms with Gasteiger partial charge in [-0.15, -0.1) is 0 Å². The topological polar surface area (TPSA) is 35.5 Å². The Bertz CT molecular complexity index is 194. The summed E-state index contributed by atoms with van der Waals surface area (Å²) in [7, 11) is -1.99. The number of rotatable bonds is 3. The summed E-state index contributed by atoms with van der Waals surface area (Å²) in [6.07, 6.45) is 0.311. The normalized spacial score (nSPS) is 12.4. The molecule has 0 rings (SSSR count). The molecular formula is C10H22O3Si. The summed E-state index contributed by atoms with van der Waals surface area (Å²) < 4.78 is 10.3. The molecule has 14 heavy (non-hydrogen) atoms. The Morgan fingerprint density at radius 2 is 1.79 bits per heavy atom. The van der Waals surface area contributed by atoms with Crippen LogP contribution < -0.4 is 0 Å². The molecule has 0 saturated heterocycles. The van der Waals surface area contributed by atoms with Gasteiger partial charge < -0.3 is 9.16 Å². The minimum absolute atomic E-state index is 0.0399. The monoisotopic (exact) mass is 218 g/mol. The summed E-state index contributed by atoms with van der Waals surface area (Å²) >= 11 is 0. The molecule has 0 N–H and O–H groups in total. The third-order valence-electron chi connectivity index (χ3n) is 2.57. The highest BCUT2D eigenvalue weighted by Gasteiger charge is 2.40. The lowest BCUT2D eigenvalue weighted by molar-refractivity contribution is 0.0946. The molecule has 0 saturated carbocycles. The average Bonchev–Trinajstić information content (AvgIpc) is 1.97. The summed E-state index contributed by atoms with van der Waals surface area (Å²) in [6, 6.07) is 0. The first-order valence-corrected chi connectivity index (χ1v) is 7.97. The van der Waals surface area contributed by atoms with Crippen molar-refractivity contribution >= 4 is 14.5 Å². The summed E-state index contributed by atoms with van der Waals surface area (Å²) in [6.45, 7) is 12.7. The Kier molecular flexibility index (Phi) is 4.64. The van der Waals surface area contributed by atoms with Crippen LogP contribution in [0.5, 0.6) is 0 Å². The van der Waals surface area contributed by atoms with E-state index in [2.05, 4.69) is 20.8 Å².